The number of hydrogen-bond donors (Lipinski definition) is 2. The number of benzene rings is 3. The van der Waals surface area contributed by atoms with Crippen LogP contribution in [-0.4, -0.2) is 22.5 Å². The van der Waals surface area contributed by atoms with Gasteiger partial charge in [0.15, 0.2) is 0 Å². The van der Waals surface area contributed by atoms with Crippen molar-refractivity contribution < 1.29 is 9.21 Å². The maximum Gasteiger partial charge on any atom is 0.322 e. The van der Waals surface area contributed by atoms with Gasteiger partial charge in [0.25, 0.3) is 0 Å². The monoisotopic (exact) mass is 407 g/mol. The van der Waals surface area contributed by atoms with Gasteiger partial charge < -0.3 is 19.6 Å². The van der Waals surface area contributed by atoms with Crippen molar-refractivity contribution in [2.45, 2.75) is 13.0 Å². The molecule has 3 aromatic carbocycles. The minimum atomic E-state index is -0.0649. The Bertz CT molecular complexity index is 1430. The van der Waals surface area contributed by atoms with Gasteiger partial charge in [-0.1, -0.05) is 42.5 Å². The van der Waals surface area contributed by atoms with Gasteiger partial charge in [0.2, 0.25) is 0 Å². The van der Waals surface area contributed by atoms with Crippen LogP contribution in [-0.2, 0) is 13.0 Å². The van der Waals surface area contributed by atoms with Gasteiger partial charge in [0.1, 0.15) is 5.58 Å². The Morgan fingerprint density at radius 1 is 0.968 bits per heavy atom. The van der Waals surface area contributed by atoms with Crippen LogP contribution in [0.25, 0.3) is 33.0 Å². The minimum Gasteiger partial charge on any atom is -0.464 e. The van der Waals surface area contributed by atoms with Crippen LogP contribution in [0.3, 0.4) is 0 Å². The first-order valence-corrected chi connectivity index (χ1v) is 10.5. The van der Waals surface area contributed by atoms with Crippen molar-refractivity contribution in [1.29, 1.82) is 0 Å². The van der Waals surface area contributed by atoms with Crippen LogP contribution in [0, 0.1) is 0 Å². The highest BCUT2D eigenvalue weighted by Crippen LogP contribution is 2.30. The largest absolute Gasteiger partial charge is 0.464 e. The van der Waals surface area contributed by atoms with E-state index < -0.39 is 0 Å². The van der Waals surface area contributed by atoms with Gasteiger partial charge >= 0.3 is 6.03 Å². The molecular formula is C26H21N3O2. The van der Waals surface area contributed by atoms with Crippen LogP contribution < -0.4 is 5.32 Å². The molecule has 0 spiro atoms. The van der Waals surface area contributed by atoms with E-state index in [1.165, 1.54) is 22.3 Å². The summed E-state index contributed by atoms with van der Waals surface area (Å²) in [7, 11) is 0. The molecule has 2 N–H and O–H groups in total. The fraction of sp³-hybridized carbons (Fsp3) is 0.115. The number of anilines is 1. The lowest BCUT2D eigenvalue weighted by Crippen LogP contribution is -2.38. The van der Waals surface area contributed by atoms with Crippen molar-refractivity contribution in [3.05, 3.63) is 90.3 Å². The van der Waals surface area contributed by atoms with Crippen LogP contribution >= 0.6 is 0 Å². The molecule has 31 heavy (non-hydrogen) atoms. The molecule has 3 heterocycles. The lowest BCUT2D eigenvalue weighted by atomic mass is 9.94. The van der Waals surface area contributed by atoms with Crippen molar-refractivity contribution in [2.24, 2.45) is 0 Å². The third kappa shape index (κ3) is 3.15. The van der Waals surface area contributed by atoms with Crippen molar-refractivity contribution in [2.75, 3.05) is 11.9 Å². The molecule has 0 saturated carbocycles. The fourth-order valence-electron chi connectivity index (χ4n) is 4.42. The summed E-state index contributed by atoms with van der Waals surface area (Å²) in [5, 5.41) is 5.19. The highest BCUT2D eigenvalue weighted by molar-refractivity contribution is 6.01. The molecule has 0 saturated heterocycles. The number of H-pyrrole nitrogens is 1. The Kier molecular flexibility index (Phi) is 4.06. The average Bonchev–Trinajstić information content (AvgIpc) is 3.45. The lowest BCUT2D eigenvalue weighted by Gasteiger charge is -2.29. The van der Waals surface area contributed by atoms with Crippen molar-refractivity contribution in [3.63, 3.8) is 0 Å². The zero-order valence-corrected chi connectivity index (χ0v) is 16.9. The van der Waals surface area contributed by atoms with Crippen molar-refractivity contribution in [1.82, 2.24) is 9.88 Å². The van der Waals surface area contributed by atoms with Gasteiger partial charge in [-0.2, -0.15) is 0 Å². The highest BCUT2D eigenvalue weighted by Gasteiger charge is 2.22. The Balaban J connectivity index is 1.21. The zero-order valence-electron chi connectivity index (χ0n) is 16.9. The third-order valence-electron chi connectivity index (χ3n) is 6.12. The molecule has 1 aliphatic heterocycles. The number of carbonyl (C=O) groups excluding carboxylic acids is 1. The molecule has 0 fully saturated rings. The number of nitrogens with one attached hydrogen (secondary N) is 2. The Morgan fingerprint density at radius 2 is 1.84 bits per heavy atom. The standard InChI is InChI=1S/C26H21N3O2/c30-26(28-24-15-27-23-4-2-1-3-22(23)24)29-11-9-19-13-17(5-6-21(19)16-29)18-7-8-25-20(14-18)10-12-31-25/h1-8,10,12-15,27H,9,11,16H2,(H,28,30). The first kappa shape index (κ1) is 17.8. The molecular weight excluding hydrogens is 386 g/mol. The van der Waals surface area contributed by atoms with Gasteiger partial charge in [0.05, 0.1) is 12.0 Å². The molecule has 5 aromatic rings. The number of para-hydroxylation sites is 1. The van der Waals surface area contributed by atoms with E-state index in [0.717, 1.165) is 34.0 Å². The molecule has 2 aromatic heterocycles. The maximum atomic E-state index is 12.9. The summed E-state index contributed by atoms with van der Waals surface area (Å²) in [5.74, 6) is 0. The van der Waals surface area contributed by atoms with E-state index in [0.29, 0.717) is 13.1 Å². The van der Waals surface area contributed by atoms with E-state index in [2.05, 4.69) is 40.6 Å². The van der Waals surface area contributed by atoms with Crippen LogP contribution in [0.2, 0.25) is 0 Å². The van der Waals surface area contributed by atoms with Gasteiger partial charge in [-0.15, -0.1) is 0 Å². The van der Waals surface area contributed by atoms with Gasteiger partial charge in [-0.3, -0.25) is 0 Å². The van der Waals surface area contributed by atoms with Crippen LogP contribution in [0.1, 0.15) is 11.1 Å². The first-order chi connectivity index (χ1) is 15.2. The Morgan fingerprint density at radius 3 is 2.81 bits per heavy atom. The molecule has 1 aliphatic rings. The summed E-state index contributed by atoms with van der Waals surface area (Å²) in [6.07, 6.45) is 4.42. The number of fused-ring (bicyclic) bond motifs is 3. The number of nitrogens with zero attached hydrogens (tertiary/aromatic N) is 1. The SMILES string of the molecule is O=C(Nc1c[nH]c2ccccc12)N1CCc2cc(-c3ccc4occc4c3)ccc2C1. The summed E-state index contributed by atoms with van der Waals surface area (Å²) in [5.41, 5.74) is 7.61. The molecule has 5 heteroatoms. The van der Waals surface area contributed by atoms with E-state index in [1.807, 2.05) is 47.5 Å². The summed E-state index contributed by atoms with van der Waals surface area (Å²) < 4.78 is 5.45. The van der Waals surface area contributed by atoms with Gasteiger partial charge in [0, 0.05) is 35.6 Å². The topological polar surface area (TPSA) is 61.3 Å². The molecule has 2 amide bonds. The number of aromatic amines is 1. The Labute approximate surface area is 179 Å². The number of rotatable bonds is 2. The predicted octanol–water partition coefficient (Wildman–Crippen LogP) is 6.17. The molecule has 0 unspecified atom stereocenters. The van der Waals surface area contributed by atoms with Crippen molar-refractivity contribution in [3.8, 4) is 11.1 Å². The predicted molar refractivity (Wildman–Crippen MR) is 123 cm³/mol. The van der Waals surface area contributed by atoms with Crippen LogP contribution in [0.5, 0.6) is 0 Å². The molecule has 0 aliphatic carbocycles. The third-order valence-corrected chi connectivity index (χ3v) is 6.12. The molecule has 5 nitrogen and oxygen atoms in total. The maximum absolute atomic E-state index is 12.9. The van der Waals surface area contributed by atoms with E-state index >= 15 is 0 Å². The first-order valence-electron chi connectivity index (χ1n) is 10.5. The second-order valence-electron chi connectivity index (χ2n) is 8.01. The van der Waals surface area contributed by atoms with Crippen LogP contribution in [0.4, 0.5) is 10.5 Å². The van der Waals surface area contributed by atoms with Crippen LogP contribution in [0.15, 0.2) is 83.6 Å². The summed E-state index contributed by atoms with van der Waals surface area (Å²) in [6, 6.07) is 22.7. The zero-order chi connectivity index (χ0) is 20.8. The van der Waals surface area contributed by atoms with E-state index in [4.69, 9.17) is 4.42 Å². The lowest BCUT2D eigenvalue weighted by molar-refractivity contribution is 0.206. The molecule has 152 valence electrons. The summed E-state index contributed by atoms with van der Waals surface area (Å²) in [6.45, 7) is 1.32. The summed E-state index contributed by atoms with van der Waals surface area (Å²) >= 11 is 0. The van der Waals surface area contributed by atoms with Gasteiger partial charge in [-0.25, -0.2) is 4.79 Å². The minimum absolute atomic E-state index is 0.0649. The average molecular weight is 407 g/mol. The number of carbonyl (C=O) groups is 1. The number of furan rings is 1. The number of amides is 2. The molecule has 0 bridgehead atoms. The van der Waals surface area contributed by atoms with E-state index in [1.54, 1.807) is 6.26 Å². The summed E-state index contributed by atoms with van der Waals surface area (Å²) in [4.78, 5) is 18.0. The number of urea groups is 1. The second kappa shape index (κ2) is 7.06. The number of hydrogen-bond acceptors (Lipinski definition) is 2. The second-order valence-corrected chi connectivity index (χ2v) is 8.01. The van der Waals surface area contributed by atoms with Gasteiger partial charge in [-0.05, 0) is 52.9 Å². The highest BCUT2D eigenvalue weighted by atomic mass is 16.3. The van der Waals surface area contributed by atoms with E-state index in [-0.39, 0.29) is 6.03 Å². The smallest absolute Gasteiger partial charge is 0.322 e. The number of aromatic nitrogens is 1. The molecule has 0 atom stereocenters. The van der Waals surface area contributed by atoms with E-state index in [9.17, 15) is 4.79 Å². The quantitative estimate of drug-likeness (QED) is 0.367. The molecule has 6 rings (SSSR count). The normalized spacial score (nSPS) is 13.5. The molecule has 0 radical (unpaired) electrons. The Hall–Kier alpha value is -3.99. The van der Waals surface area contributed by atoms with Crippen molar-refractivity contribution >= 4 is 33.6 Å². The fourth-order valence-corrected chi connectivity index (χ4v) is 4.42.